The van der Waals surface area contributed by atoms with Gasteiger partial charge in [0.25, 0.3) is 0 Å². The molecule has 1 nitrogen and oxygen atoms in total. The molecule has 0 saturated carbocycles. The summed E-state index contributed by atoms with van der Waals surface area (Å²) in [5.41, 5.74) is 1.41. The summed E-state index contributed by atoms with van der Waals surface area (Å²) in [5, 5.41) is 3.65. The Morgan fingerprint density at radius 3 is 2.35 bits per heavy atom. The van der Waals surface area contributed by atoms with Gasteiger partial charge in [0, 0.05) is 15.8 Å². The minimum absolute atomic E-state index is 0.447. The first-order chi connectivity index (χ1) is 9.85. The molecule has 1 N–H and O–H groups in total. The van der Waals surface area contributed by atoms with E-state index in [1.165, 1.54) is 21.8 Å². The second-order valence-corrected chi connectivity index (χ2v) is 5.98. The van der Waals surface area contributed by atoms with Crippen LogP contribution in [-0.4, -0.2) is 6.54 Å². The van der Waals surface area contributed by atoms with Crippen LogP contribution in [0.5, 0.6) is 0 Å². The Morgan fingerprint density at radius 2 is 1.65 bits per heavy atom. The maximum Gasteiger partial charge on any atom is 0.0328 e. The lowest BCUT2D eigenvalue weighted by molar-refractivity contribution is 0.512. The molecular formula is C18H23NS. The lowest BCUT2D eigenvalue weighted by atomic mass is 10.0. The highest BCUT2D eigenvalue weighted by molar-refractivity contribution is 7.99. The van der Waals surface area contributed by atoms with E-state index in [-0.39, 0.29) is 0 Å². The second kappa shape index (κ2) is 8.13. The van der Waals surface area contributed by atoms with Crippen molar-refractivity contribution in [2.75, 3.05) is 6.54 Å². The van der Waals surface area contributed by atoms with Crippen LogP contribution in [0.25, 0.3) is 0 Å². The average molecular weight is 285 g/mol. The third-order valence-electron chi connectivity index (χ3n) is 3.31. The first kappa shape index (κ1) is 15.1. The predicted octanol–water partition coefficient (Wildman–Crippen LogP) is 5.29. The van der Waals surface area contributed by atoms with Gasteiger partial charge in [0.1, 0.15) is 0 Å². The molecule has 106 valence electrons. The van der Waals surface area contributed by atoms with E-state index in [1.54, 1.807) is 0 Å². The van der Waals surface area contributed by atoms with Gasteiger partial charge < -0.3 is 5.32 Å². The molecule has 1 atom stereocenters. The minimum Gasteiger partial charge on any atom is -0.310 e. The van der Waals surface area contributed by atoms with Crippen LogP contribution in [0.15, 0.2) is 64.4 Å². The summed E-state index contributed by atoms with van der Waals surface area (Å²) in [7, 11) is 0. The molecule has 0 radical (unpaired) electrons. The van der Waals surface area contributed by atoms with E-state index in [4.69, 9.17) is 0 Å². The summed E-state index contributed by atoms with van der Waals surface area (Å²) in [4.78, 5) is 2.65. The summed E-state index contributed by atoms with van der Waals surface area (Å²) in [6.07, 6.45) is 2.29. The van der Waals surface area contributed by atoms with Crippen LogP contribution in [0.4, 0.5) is 0 Å². The highest BCUT2D eigenvalue weighted by Crippen LogP contribution is 2.34. The van der Waals surface area contributed by atoms with Gasteiger partial charge in [0.05, 0.1) is 0 Å². The zero-order valence-corrected chi connectivity index (χ0v) is 13.1. The van der Waals surface area contributed by atoms with Crippen molar-refractivity contribution in [3.05, 3.63) is 60.2 Å². The first-order valence-electron chi connectivity index (χ1n) is 7.40. The predicted molar refractivity (Wildman–Crippen MR) is 88.3 cm³/mol. The van der Waals surface area contributed by atoms with Crippen molar-refractivity contribution in [1.29, 1.82) is 0 Å². The molecule has 0 aliphatic rings. The van der Waals surface area contributed by atoms with Gasteiger partial charge in [0.2, 0.25) is 0 Å². The Balaban J connectivity index is 2.20. The highest BCUT2D eigenvalue weighted by atomic mass is 32.2. The van der Waals surface area contributed by atoms with Crippen molar-refractivity contribution in [3.63, 3.8) is 0 Å². The SMILES string of the molecule is CCCNC(CC)c1ccccc1Sc1ccccc1. The molecule has 0 heterocycles. The zero-order valence-electron chi connectivity index (χ0n) is 12.3. The van der Waals surface area contributed by atoms with E-state index in [2.05, 4.69) is 73.8 Å². The number of hydrogen-bond acceptors (Lipinski definition) is 2. The average Bonchev–Trinajstić information content (AvgIpc) is 2.50. The molecule has 2 aromatic rings. The Morgan fingerprint density at radius 1 is 0.950 bits per heavy atom. The number of hydrogen-bond donors (Lipinski definition) is 1. The Hall–Kier alpha value is -1.25. The normalized spacial score (nSPS) is 12.3. The van der Waals surface area contributed by atoms with Gasteiger partial charge in [0.15, 0.2) is 0 Å². The highest BCUT2D eigenvalue weighted by Gasteiger charge is 2.13. The van der Waals surface area contributed by atoms with Crippen LogP contribution in [0.1, 0.15) is 38.3 Å². The van der Waals surface area contributed by atoms with Crippen molar-refractivity contribution in [1.82, 2.24) is 5.32 Å². The van der Waals surface area contributed by atoms with Gasteiger partial charge in [-0.2, -0.15) is 0 Å². The van der Waals surface area contributed by atoms with E-state index in [0.29, 0.717) is 6.04 Å². The largest absolute Gasteiger partial charge is 0.310 e. The fraction of sp³-hybridized carbons (Fsp3) is 0.333. The van der Waals surface area contributed by atoms with E-state index < -0.39 is 0 Å². The summed E-state index contributed by atoms with van der Waals surface area (Å²) >= 11 is 1.85. The monoisotopic (exact) mass is 285 g/mol. The van der Waals surface area contributed by atoms with Crippen molar-refractivity contribution in [3.8, 4) is 0 Å². The molecule has 0 amide bonds. The van der Waals surface area contributed by atoms with E-state index in [0.717, 1.165) is 13.0 Å². The Kier molecular flexibility index (Phi) is 6.16. The van der Waals surface area contributed by atoms with Gasteiger partial charge >= 0.3 is 0 Å². The summed E-state index contributed by atoms with van der Waals surface area (Å²) in [5.74, 6) is 0. The molecule has 0 saturated heterocycles. The molecule has 0 fully saturated rings. The fourth-order valence-electron chi connectivity index (χ4n) is 2.27. The van der Waals surface area contributed by atoms with Crippen LogP contribution in [-0.2, 0) is 0 Å². The van der Waals surface area contributed by atoms with E-state index in [1.807, 2.05) is 11.8 Å². The van der Waals surface area contributed by atoms with Gasteiger partial charge in [-0.3, -0.25) is 0 Å². The molecule has 20 heavy (non-hydrogen) atoms. The molecule has 2 aromatic carbocycles. The molecule has 2 heteroatoms. The first-order valence-corrected chi connectivity index (χ1v) is 8.22. The molecule has 1 unspecified atom stereocenters. The fourth-order valence-corrected chi connectivity index (χ4v) is 3.29. The summed E-state index contributed by atoms with van der Waals surface area (Å²) in [6, 6.07) is 19.8. The van der Waals surface area contributed by atoms with Crippen molar-refractivity contribution >= 4 is 11.8 Å². The molecular weight excluding hydrogens is 262 g/mol. The quantitative estimate of drug-likeness (QED) is 0.742. The number of benzene rings is 2. The van der Waals surface area contributed by atoms with E-state index in [9.17, 15) is 0 Å². The molecule has 0 aromatic heterocycles. The zero-order chi connectivity index (χ0) is 14.2. The lowest BCUT2D eigenvalue weighted by Gasteiger charge is -2.20. The molecule has 0 spiro atoms. The van der Waals surface area contributed by atoms with Crippen LogP contribution in [0.3, 0.4) is 0 Å². The molecule has 0 aliphatic heterocycles. The van der Waals surface area contributed by atoms with Crippen LogP contribution in [0.2, 0.25) is 0 Å². The third kappa shape index (κ3) is 4.12. The standard InChI is InChI=1S/C18H23NS/c1-3-14-19-17(4-2)16-12-8-9-13-18(16)20-15-10-6-5-7-11-15/h5-13,17,19H,3-4,14H2,1-2H3. The minimum atomic E-state index is 0.447. The van der Waals surface area contributed by atoms with Gasteiger partial charge in [-0.05, 0) is 43.1 Å². The number of nitrogens with one attached hydrogen (secondary N) is 1. The van der Waals surface area contributed by atoms with Crippen molar-refractivity contribution in [2.24, 2.45) is 0 Å². The maximum atomic E-state index is 3.65. The van der Waals surface area contributed by atoms with Crippen molar-refractivity contribution < 1.29 is 0 Å². The van der Waals surface area contributed by atoms with Gasteiger partial charge in [-0.1, -0.05) is 62.0 Å². The van der Waals surface area contributed by atoms with E-state index >= 15 is 0 Å². The topological polar surface area (TPSA) is 12.0 Å². The smallest absolute Gasteiger partial charge is 0.0328 e. The van der Waals surface area contributed by atoms with Crippen LogP contribution in [0, 0.1) is 0 Å². The Bertz CT molecular complexity index is 510. The lowest BCUT2D eigenvalue weighted by Crippen LogP contribution is -2.21. The molecule has 0 bridgehead atoms. The molecule has 0 aliphatic carbocycles. The summed E-state index contributed by atoms with van der Waals surface area (Å²) < 4.78 is 0. The van der Waals surface area contributed by atoms with Crippen molar-refractivity contribution in [2.45, 2.75) is 42.5 Å². The van der Waals surface area contributed by atoms with Crippen LogP contribution < -0.4 is 5.32 Å². The summed E-state index contributed by atoms with van der Waals surface area (Å²) in [6.45, 7) is 5.53. The molecule has 2 rings (SSSR count). The Labute approximate surface area is 126 Å². The van der Waals surface area contributed by atoms with Gasteiger partial charge in [-0.25, -0.2) is 0 Å². The third-order valence-corrected chi connectivity index (χ3v) is 4.41. The second-order valence-electron chi connectivity index (χ2n) is 4.87. The van der Waals surface area contributed by atoms with Crippen LogP contribution >= 0.6 is 11.8 Å². The van der Waals surface area contributed by atoms with Gasteiger partial charge in [-0.15, -0.1) is 0 Å². The maximum absolute atomic E-state index is 3.65. The number of rotatable bonds is 7.